The van der Waals surface area contributed by atoms with Crippen molar-refractivity contribution in [1.82, 2.24) is 20.6 Å². The van der Waals surface area contributed by atoms with E-state index in [0.717, 1.165) is 0 Å². The van der Waals surface area contributed by atoms with Crippen LogP contribution in [0.1, 0.15) is 44.4 Å². The van der Waals surface area contributed by atoms with Gasteiger partial charge in [-0.15, -0.1) is 10.2 Å². The van der Waals surface area contributed by atoms with Gasteiger partial charge in [0.2, 0.25) is 11.7 Å². The number of rotatable bonds is 6. The molecule has 0 spiro atoms. The number of nitrogens with one attached hydrogen (secondary N) is 2. The molecule has 40 heavy (non-hydrogen) atoms. The molecule has 3 aromatic carbocycles. The number of nitrogens with zero attached hydrogens (tertiary/aromatic N) is 4. The molecule has 0 fully saturated rings. The zero-order chi connectivity index (χ0) is 28.4. The Balaban J connectivity index is 1.49. The Morgan fingerprint density at radius 2 is 1.85 bits per heavy atom. The van der Waals surface area contributed by atoms with E-state index in [0.29, 0.717) is 50.5 Å². The maximum atomic E-state index is 14.1. The van der Waals surface area contributed by atoms with E-state index in [1.54, 1.807) is 47.4 Å². The van der Waals surface area contributed by atoms with Crippen molar-refractivity contribution in [1.29, 1.82) is 0 Å². The molecule has 1 aromatic heterocycles. The monoisotopic (exact) mass is 578 g/mol. The third-order valence-electron chi connectivity index (χ3n) is 6.35. The lowest BCUT2D eigenvalue weighted by molar-refractivity contribution is -0.136. The number of ether oxygens (including phenoxy) is 1. The van der Waals surface area contributed by atoms with Crippen molar-refractivity contribution in [3.05, 3.63) is 87.9 Å². The minimum atomic E-state index is -1.09. The number of anilines is 2. The Hall–Kier alpha value is -3.79. The highest BCUT2D eigenvalue weighted by atomic mass is 35.5. The second-order valence-corrected chi connectivity index (χ2v) is 11.6. The maximum absolute atomic E-state index is 14.1. The van der Waals surface area contributed by atoms with E-state index in [2.05, 4.69) is 25.9 Å². The maximum Gasteiger partial charge on any atom is 0.256 e. The Bertz CT molecular complexity index is 1540. The molecule has 0 aliphatic carbocycles. The van der Waals surface area contributed by atoms with Gasteiger partial charge in [0.1, 0.15) is 12.2 Å². The molecule has 0 saturated carbocycles. The molecule has 2 heterocycles. The lowest BCUT2D eigenvalue weighted by Gasteiger charge is -2.31. The first-order valence-electron chi connectivity index (χ1n) is 12.7. The number of carbonyl (C=O) groups excluding carboxylic acids is 2. The van der Waals surface area contributed by atoms with E-state index in [1.807, 2.05) is 45.0 Å². The Labute approximate surface area is 241 Å². The number of amides is 2. The summed E-state index contributed by atoms with van der Waals surface area (Å²) in [6.45, 7) is 6.55. The number of halogens is 2. The van der Waals surface area contributed by atoms with Gasteiger partial charge in [0.05, 0.1) is 6.42 Å². The molecule has 2 N–H and O–H groups in total. The molecule has 2 amide bonds. The Morgan fingerprint density at radius 1 is 1.05 bits per heavy atom. The standard InChI is InChI=1S/C29H28Cl2N6O3/c1-29(2,3)16-37-23-12-11-18(30)14-21(23)26(20-9-4-5-10-22(20)31)40-24(28(37)39)15-25(38)32-19-8-6-7-17(13-19)27-33-35-36-34-27/h4-14,24,26H,15-16H2,1-3H3,(H,32,38)(H,33,34,35,36)/t24-,26-/m1/s1. The van der Waals surface area contributed by atoms with Gasteiger partial charge in [0.25, 0.3) is 5.91 Å². The minimum Gasteiger partial charge on any atom is -0.355 e. The minimum absolute atomic E-state index is 0.214. The molecule has 11 heteroatoms. The summed E-state index contributed by atoms with van der Waals surface area (Å²) in [6, 6.07) is 19.7. The highest BCUT2D eigenvalue weighted by Gasteiger charge is 2.39. The lowest BCUT2D eigenvalue weighted by Crippen LogP contribution is -2.44. The van der Waals surface area contributed by atoms with Crippen LogP contribution in [-0.2, 0) is 14.3 Å². The topological polar surface area (TPSA) is 113 Å². The summed E-state index contributed by atoms with van der Waals surface area (Å²) in [7, 11) is 0. The largest absolute Gasteiger partial charge is 0.355 e. The van der Waals surface area contributed by atoms with Gasteiger partial charge in [0, 0.05) is 44.7 Å². The van der Waals surface area contributed by atoms with Crippen LogP contribution in [0, 0.1) is 5.41 Å². The number of hydrogen-bond donors (Lipinski definition) is 2. The van der Waals surface area contributed by atoms with Crippen LogP contribution in [-0.4, -0.2) is 45.1 Å². The Morgan fingerprint density at radius 3 is 2.58 bits per heavy atom. The number of hydrogen-bond acceptors (Lipinski definition) is 6. The first-order valence-corrected chi connectivity index (χ1v) is 13.5. The van der Waals surface area contributed by atoms with Crippen molar-refractivity contribution in [3.63, 3.8) is 0 Å². The van der Waals surface area contributed by atoms with Gasteiger partial charge >= 0.3 is 0 Å². The van der Waals surface area contributed by atoms with Gasteiger partial charge in [-0.1, -0.05) is 74.3 Å². The fourth-order valence-corrected chi connectivity index (χ4v) is 5.09. The average Bonchev–Trinajstić information content (AvgIpc) is 3.42. The van der Waals surface area contributed by atoms with Crippen LogP contribution in [0.4, 0.5) is 11.4 Å². The lowest BCUT2D eigenvalue weighted by atomic mass is 9.94. The molecule has 0 radical (unpaired) electrons. The van der Waals surface area contributed by atoms with Crippen molar-refractivity contribution in [2.24, 2.45) is 5.41 Å². The molecule has 0 saturated heterocycles. The number of carbonyl (C=O) groups is 2. The van der Waals surface area contributed by atoms with E-state index in [-0.39, 0.29) is 23.7 Å². The second kappa shape index (κ2) is 11.4. The molecule has 5 rings (SSSR count). The van der Waals surface area contributed by atoms with Crippen molar-refractivity contribution >= 4 is 46.4 Å². The third-order valence-corrected chi connectivity index (χ3v) is 6.92. The van der Waals surface area contributed by atoms with Crippen LogP contribution in [0.25, 0.3) is 11.4 Å². The van der Waals surface area contributed by atoms with Crippen LogP contribution in [0.5, 0.6) is 0 Å². The van der Waals surface area contributed by atoms with Gasteiger partial charge < -0.3 is 15.0 Å². The van der Waals surface area contributed by atoms with Crippen molar-refractivity contribution in [2.45, 2.75) is 39.4 Å². The summed E-state index contributed by atoms with van der Waals surface area (Å²) in [6.07, 6.45) is -2.03. The van der Waals surface area contributed by atoms with Gasteiger partial charge in [0.15, 0.2) is 0 Å². The second-order valence-electron chi connectivity index (χ2n) is 10.8. The van der Waals surface area contributed by atoms with Crippen molar-refractivity contribution < 1.29 is 14.3 Å². The quantitative estimate of drug-likeness (QED) is 0.287. The van der Waals surface area contributed by atoms with Crippen LogP contribution in [0.2, 0.25) is 10.0 Å². The zero-order valence-electron chi connectivity index (χ0n) is 22.2. The van der Waals surface area contributed by atoms with E-state index >= 15 is 0 Å². The van der Waals surface area contributed by atoms with Crippen LogP contribution < -0.4 is 10.2 Å². The van der Waals surface area contributed by atoms with Crippen molar-refractivity contribution in [3.8, 4) is 11.4 Å². The summed E-state index contributed by atoms with van der Waals surface area (Å²) in [5.41, 5.74) is 3.02. The number of benzene rings is 3. The summed E-state index contributed by atoms with van der Waals surface area (Å²) < 4.78 is 6.48. The molecule has 206 valence electrons. The van der Waals surface area contributed by atoms with E-state index in [4.69, 9.17) is 27.9 Å². The average molecular weight is 579 g/mol. The van der Waals surface area contributed by atoms with Gasteiger partial charge in [-0.2, -0.15) is 5.21 Å². The van der Waals surface area contributed by atoms with Gasteiger partial charge in [-0.05, 0) is 47.0 Å². The van der Waals surface area contributed by atoms with Gasteiger partial charge in [-0.25, -0.2) is 0 Å². The Kier molecular flexibility index (Phi) is 7.89. The first kappa shape index (κ1) is 27.8. The smallest absolute Gasteiger partial charge is 0.256 e. The predicted octanol–water partition coefficient (Wildman–Crippen LogP) is 6.07. The summed E-state index contributed by atoms with van der Waals surface area (Å²) >= 11 is 13.0. The number of H-pyrrole nitrogens is 1. The number of aromatic amines is 1. The fraction of sp³-hybridized carbons (Fsp3) is 0.276. The number of fused-ring (bicyclic) bond motifs is 1. The fourth-order valence-electron chi connectivity index (χ4n) is 4.67. The molecular formula is C29H28Cl2N6O3. The molecular weight excluding hydrogens is 551 g/mol. The highest BCUT2D eigenvalue weighted by molar-refractivity contribution is 6.31. The van der Waals surface area contributed by atoms with Crippen LogP contribution in [0.15, 0.2) is 66.7 Å². The molecule has 0 unspecified atom stereocenters. The zero-order valence-corrected chi connectivity index (χ0v) is 23.7. The van der Waals surface area contributed by atoms with E-state index in [9.17, 15) is 9.59 Å². The normalized spacial score (nSPS) is 17.3. The van der Waals surface area contributed by atoms with Crippen LogP contribution in [0.3, 0.4) is 0 Å². The molecule has 1 aliphatic heterocycles. The molecule has 1 aliphatic rings. The summed E-state index contributed by atoms with van der Waals surface area (Å²) in [5.74, 6) is -0.305. The highest BCUT2D eigenvalue weighted by Crippen LogP contribution is 2.42. The summed E-state index contributed by atoms with van der Waals surface area (Å²) in [4.78, 5) is 29.1. The van der Waals surface area contributed by atoms with Crippen molar-refractivity contribution in [2.75, 3.05) is 16.8 Å². The predicted molar refractivity (Wildman–Crippen MR) is 154 cm³/mol. The third kappa shape index (κ3) is 6.17. The van der Waals surface area contributed by atoms with E-state index in [1.165, 1.54) is 0 Å². The first-order chi connectivity index (χ1) is 19.1. The molecule has 9 nitrogen and oxygen atoms in total. The van der Waals surface area contributed by atoms with E-state index < -0.39 is 12.2 Å². The number of tetrazole rings is 1. The van der Waals surface area contributed by atoms with Crippen LogP contribution >= 0.6 is 23.2 Å². The van der Waals surface area contributed by atoms with Gasteiger partial charge in [-0.3, -0.25) is 9.59 Å². The molecule has 0 bridgehead atoms. The summed E-state index contributed by atoms with van der Waals surface area (Å²) in [5, 5.41) is 17.8. The molecule has 4 aromatic rings. The SMILES string of the molecule is CC(C)(C)CN1C(=O)[C@@H](CC(=O)Nc2cccc(-c3nn[nH]n3)c2)O[C@H](c2ccccc2Cl)c2cc(Cl)ccc21. The molecule has 2 atom stereocenters. The number of aromatic nitrogens is 4.